The van der Waals surface area contributed by atoms with E-state index in [9.17, 15) is 10.2 Å². The molecule has 1 aromatic carbocycles. The number of aromatic hydroxyl groups is 2. The zero-order chi connectivity index (χ0) is 10.0. The topological polar surface area (TPSA) is 73.1 Å². The first-order chi connectivity index (χ1) is 6.06. The third-order valence-corrected chi connectivity index (χ3v) is 1.85. The van der Waals surface area contributed by atoms with Gasteiger partial charge >= 0.3 is 0 Å². The Hall–Kier alpha value is -1.71. The zero-order valence-corrected chi connectivity index (χ0v) is 7.44. The smallest absolute Gasteiger partial charge is 0.125 e. The van der Waals surface area contributed by atoms with Gasteiger partial charge in [-0.05, 0) is 31.5 Å². The molecule has 1 aromatic rings. The summed E-state index contributed by atoms with van der Waals surface area (Å²) in [4.78, 5) is 0. The van der Waals surface area contributed by atoms with Crippen molar-refractivity contribution in [3.63, 3.8) is 0 Å². The van der Waals surface area contributed by atoms with Crippen molar-refractivity contribution in [2.24, 2.45) is 5.16 Å². The number of aryl methyl sites for hydroxylation is 1. The van der Waals surface area contributed by atoms with Gasteiger partial charge in [-0.15, -0.1) is 0 Å². The van der Waals surface area contributed by atoms with Gasteiger partial charge in [-0.1, -0.05) is 5.16 Å². The van der Waals surface area contributed by atoms with Crippen LogP contribution in [0.3, 0.4) is 0 Å². The van der Waals surface area contributed by atoms with E-state index in [-0.39, 0.29) is 17.2 Å². The fraction of sp³-hybridized carbons (Fsp3) is 0.222. The van der Waals surface area contributed by atoms with Gasteiger partial charge in [0.1, 0.15) is 11.5 Å². The van der Waals surface area contributed by atoms with E-state index in [2.05, 4.69) is 5.16 Å². The molecule has 0 aromatic heterocycles. The van der Waals surface area contributed by atoms with Gasteiger partial charge in [-0.25, -0.2) is 0 Å². The molecule has 3 N–H and O–H groups in total. The largest absolute Gasteiger partial charge is 0.508 e. The standard InChI is InChI=1S/C9H11NO3/c1-5-3-9(12)7(4-8(5)11)6(2)10-13/h3-4,11-13H,1-2H3/b10-6+. The van der Waals surface area contributed by atoms with Gasteiger partial charge in [0, 0.05) is 5.56 Å². The third-order valence-electron chi connectivity index (χ3n) is 1.85. The van der Waals surface area contributed by atoms with Crippen molar-refractivity contribution in [1.29, 1.82) is 0 Å². The number of hydrogen-bond acceptors (Lipinski definition) is 4. The van der Waals surface area contributed by atoms with Crippen LogP contribution in [-0.2, 0) is 0 Å². The number of oxime groups is 1. The normalized spacial score (nSPS) is 11.7. The van der Waals surface area contributed by atoms with E-state index in [4.69, 9.17) is 5.21 Å². The van der Waals surface area contributed by atoms with Crippen molar-refractivity contribution < 1.29 is 15.4 Å². The highest BCUT2D eigenvalue weighted by Gasteiger charge is 2.08. The van der Waals surface area contributed by atoms with Crippen molar-refractivity contribution in [2.75, 3.05) is 0 Å². The van der Waals surface area contributed by atoms with E-state index in [1.54, 1.807) is 6.92 Å². The number of benzene rings is 1. The summed E-state index contributed by atoms with van der Waals surface area (Å²) >= 11 is 0. The molecule has 0 radical (unpaired) electrons. The van der Waals surface area contributed by atoms with Crippen LogP contribution in [0, 0.1) is 6.92 Å². The van der Waals surface area contributed by atoms with Crippen molar-refractivity contribution in [3.05, 3.63) is 23.3 Å². The summed E-state index contributed by atoms with van der Waals surface area (Å²) in [5, 5.41) is 30.1. The van der Waals surface area contributed by atoms with Crippen LogP contribution in [0.2, 0.25) is 0 Å². The lowest BCUT2D eigenvalue weighted by molar-refractivity contribution is 0.318. The zero-order valence-electron chi connectivity index (χ0n) is 7.44. The van der Waals surface area contributed by atoms with E-state index in [1.807, 2.05) is 0 Å². The minimum Gasteiger partial charge on any atom is -0.508 e. The summed E-state index contributed by atoms with van der Waals surface area (Å²) in [7, 11) is 0. The van der Waals surface area contributed by atoms with Crippen LogP contribution in [0.1, 0.15) is 18.1 Å². The molecule has 0 bridgehead atoms. The molecule has 0 saturated heterocycles. The molecule has 70 valence electrons. The van der Waals surface area contributed by atoms with Crippen molar-refractivity contribution in [2.45, 2.75) is 13.8 Å². The van der Waals surface area contributed by atoms with Crippen LogP contribution < -0.4 is 0 Å². The summed E-state index contributed by atoms with van der Waals surface area (Å²) in [5.74, 6) is 0.0569. The number of nitrogens with zero attached hydrogens (tertiary/aromatic N) is 1. The molecule has 0 aliphatic carbocycles. The Labute approximate surface area is 75.8 Å². The van der Waals surface area contributed by atoms with Crippen LogP contribution in [-0.4, -0.2) is 21.1 Å². The molecule has 0 amide bonds. The van der Waals surface area contributed by atoms with Gasteiger partial charge in [0.15, 0.2) is 0 Å². The highest BCUT2D eigenvalue weighted by atomic mass is 16.4. The second-order valence-corrected chi connectivity index (χ2v) is 2.84. The predicted molar refractivity (Wildman–Crippen MR) is 48.5 cm³/mol. The molecular weight excluding hydrogens is 170 g/mol. The second-order valence-electron chi connectivity index (χ2n) is 2.84. The average molecular weight is 181 g/mol. The fourth-order valence-corrected chi connectivity index (χ4v) is 1.02. The lowest BCUT2D eigenvalue weighted by atomic mass is 10.1. The molecule has 4 heteroatoms. The fourth-order valence-electron chi connectivity index (χ4n) is 1.02. The third kappa shape index (κ3) is 1.72. The molecule has 0 atom stereocenters. The molecule has 0 aliphatic rings. The molecule has 0 unspecified atom stereocenters. The van der Waals surface area contributed by atoms with E-state index in [1.165, 1.54) is 19.1 Å². The molecule has 0 aliphatic heterocycles. The Morgan fingerprint density at radius 3 is 2.38 bits per heavy atom. The number of phenolic OH excluding ortho intramolecular Hbond substituents is 2. The first kappa shape index (κ1) is 9.38. The minimum atomic E-state index is -0.00870. The van der Waals surface area contributed by atoms with Crippen LogP contribution >= 0.6 is 0 Å². The van der Waals surface area contributed by atoms with Gasteiger partial charge in [0.25, 0.3) is 0 Å². The minimum absolute atomic E-state index is 0.00870. The average Bonchev–Trinajstić information content (AvgIpc) is 2.10. The predicted octanol–water partition coefficient (Wildman–Crippen LogP) is 1.60. The SMILES string of the molecule is C/C(=N\O)c1cc(O)c(C)cc1O. The highest BCUT2D eigenvalue weighted by molar-refractivity contribution is 6.01. The molecule has 0 saturated carbocycles. The first-order valence-electron chi connectivity index (χ1n) is 3.78. The molecule has 1 rings (SSSR count). The Morgan fingerprint density at radius 1 is 1.23 bits per heavy atom. The Bertz CT molecular complexity index is 358. The Morgan fingerprint density at radius 2 is 1.85 bits per heavy atom. The van der Waals surface area contributed by atoms with E-state index in [0.29, 0.717) is 11.1 Å². The maximum absolute atomic E-state index is 9.41. The summed E-state index contributed by atoms with van der Waals surface area (Å²) < 4.78 is 0. The van der Waals surface area contributed by atoms with Crippen molar-refractivity contribution >= 4 is 5.71 Å². The molecule has 13 heavy (non-hydrogen) atoms. The molecular formula is C9H11NO3. The van der Waals surface area contributed by atoms with E-state index >= 15 is 0 Å². The molecule has 4 nitrogen and oxygen atoms in total. The number of phenols is 2. The Balaban J connectivity index is 3.32. The summed E-state index contributed by atoms with van der Waals surface area (Å²) in [6.07, 6.45) is 0. The lowest BCUT2D eigenvalue weighted by Gasteiger charge is -2.05. The molecule has 0 spiro atoms. The maximum atomic E-state index is 9.41. The summed E-state index contributed by atoms with van der Waals surface area (Å²) in [6, 6.07) is 2.78. The number of rotatable bonds is 1. The maximum Gasteiger partial charge on any atom is 0.125 e. The van der Waals surface area contributed by atoms with E-state index in [0.717, 1.165) is 0 Å². The van der Waals surface area contributed by atoms with Crippen molar-refractivity contribution in [3.8, 4) is 11.5 Å². The van der Waals surface area contributed by atoms with Gasteiger partial charge < -0.3 is 15.4 Å². The van der Waals surface area contributed by atoms with Gasteiger partial charge in [0.2, 0.25) is 0 Å². The van der Waals surface area contributed by atoms with Crippen molar-refractivity contribution in [1.82, 2.24) is 0 Å². The highest BCUT2D eigenvalue weighted by Crippen LogP contribution is 2.26. The van der Waals surface area contributed by atoms with Crippen LogP contribution in [0.5, 0.6) is 11.5 Å². The van der Waals surface area contributed by atoms with Crippen LogP contribution in [0.4, 0.5) is 0 Å². The molecule has 0 fully saturated rings. The van der Waals surface area contributed by atoms with Gasteiger partial charge in [-0.2, -0.15) is 0 Å². The monoisotopic (exact) mass is 181 g/mol. The summed E-state index contributed by atoms with van der Waals surface area (Å²) in [5.41, 5.74) is 1.16. The molecule has 0 heterocycles. The summed E-state index contributed by atoms with van der Waals surface area (Å²) in [6.45, 7) is 3.20. The van der Waals surface area contributed by atoms with E-state index < -0.39 is 0 Å². The van der Waals surface area contributed by atoms with Crippen LogP contribution in [0.15, 0.2) is 17.3 Å². The van der Waals surface area contributed by atoms with Gasteiger partial charge in [0.05, 0.1) is 5.71 Å². The lowest BCUT2D eigenvalue weighted by Crippen LogP contribution is -1.95. The quantitative estimate of drug-likeness (QED) is 0.266. The number of hydrogen-bond donors (Lipinski definition) is 3. The van der Waals surface area contributed by atoms with Crippen LogP contribution in [0.25, 0.3) is 0 Å². The second kappa shape index (κ2) is 3.35. The van der Waals surface area contributed by atoms with Gasteiger partial charge in [-0.3, -0.25) is 0 Å². The first-order valence-corrected chi connectivity index (χ1v) is 3.78. The Kier molecular flexibility index (Phi) is 2.41.